The third-order valence-electron chi connectivity index (χ3n) is 2.59. The lowest BCUT2D eigenvalue weighted by Gasteiger charge is -2.11. The molecule has 0 unspecified atom stereocenters. The Bertz CT molecular complexity index is 814. The molecule has 24 heavy (non-hydrogen) atoms. The second-order valence-electron chi connectivity index (χ2n) is 4.11. The van der Waals surface area contributed by atoms with E-state index in [0.717, 1.165) is 26.4 Å². The Morgan fingerprint density at radius 2 is 1.92 bits per heavy atom. The second kappa shape index (κ2) is 7.52. The monoisotopic (exact) mass is 360 g/mol. The van der Waals surface area contributed by atoms with Crippen LogP contribution in [-0.2, 0) is 29.2 Å². The molecule has 0 aliphatic heterocycles. The maximum atomic E-state index is 11.6. The number of rotatable bonds is 6. The summed E-state index contributed by atoms with van der Waals surface area (Å²) < 4.78 is 40.7. The van der Waals surface area contributed by atoms with E-state index >= 15 is 0 Å². The molecule has 1 rings (SSSR count). The van der Waals surface area contributed by atoms with Gasteiger partial charge in [-0.1, -0.05) is 0 Å². The van der Waals surface area contributed by atoms with Crippen molar-refractivity contribution in [2.45, 2.75) is 4.90 Å². The number of nitrogens with one attached hydrogen (secondary N) is 1. The van der Waals surface area contributed by atoms with E-state index in [9.17, 15) is 32.7 Å². The molecule has 0 saturated carbocycles. The van der Waals surface area contributed by atoms with Crippen LogP contribution in [0.15, 0.2) is 34.9 Å². The number of non-ortho nitro benzene ring substituents is 1. The number of nitrogens with zero attached hydrogens (tertiary/aromatic N) is 1. The van der Waals surface area contributed by atoms with Gasteiger partial charge in [-0.2, -0.15) is 8.42 Å². The van der Waals surface area contributed by atoms with Crippen LogP contribution in [0.1, 0.15) is 0 Å². The van der Waals surface area contributed by atoms with Gasteiger partial charge >= 0.3 is 11.9 Å². The Morgan fingerprint density at radius 1 is 1.29 bits per heavy atom. The molecular weight excluding hydrogens is 348 g/mol. The van der Waals surface area contributed by atoms with Gasteiger partial charge in [0.25, 0.3) is 15.8 Å². The van der Waals surface area contributed by atoms with Crippen molar-refractivity contribution in [3.63, 3.8) is 0 Å². The van der Waals surface area contributed by atoms with E-state index in [1.54, 1.807) is 0 Å². The molecule has 1 aromatic carbocycles. The van der Waals surface area contributed by atoms with Crippen molar-refractivity contribution in [3.05, 3.63) is 40.1 Å². The fourth-order valence-electron chi connectivity index (χ4n) is 1.52. The number of nitro benzene ring substituents is 1. The number of anilines is 1. The van der Waals surface area contributed by atoms with Gasteiger partial charge in [0.15, 0.2) is 0 Å². The number of hydrogen-bond donors (Lipinski definition) is 2. The van der Waals surface area contributed by atoms with Crippen molar-refractivity contribution in [1.29, 1.82) is 0 Å². The summed E-state index contributed by atoms with van der Waals surface area (Å²) in [6.45, 7) is 0. The molecule has 0 atom stereocenters. The van der Waals surface area contributed by atoms with E-state index in [-0.39, 0.29) is 5.69 Å². The maximum Gasteiger partial charge on any atom is 0.354 e. The molecule has 1 aromatic rings. The van der Waals surface area contributed by atoms with Gasteiger partial charge in [-0.25, -0.2) is 9.59 Å². The topological polar surface area (TPSA) is 162 Å². The number of nitro groups is 1. The highest BCUT2D eigenvalue weighted by atomic mass is 32.2. The molecule has 130 valence electrons. The van der Waals surface area contributed by atoms with Crippen LogP contribution in [0, 0.1) is 10.1 Å². The standard InChI is InChI=1S/C12H12N2O9S/c1-22-11(15)6-9(12(16)23-2)13-8-4-3-7(14(17)18)5-10(8)24(19,20)21/h3-6,13H,1-2H3,(H,19,20,21)/b9-6+. The second-order valence-corrected chi connectivity index (χ2v) is 5.50. The predicted octanol–water partition coefficient (Wildman–Crippen LogP) is 0.483. The van der Waals surface area contributed by atoms with Crippen LogP contribution >= 0.6 is 0 Å². The van der Waals surface area contributed by atoms with E-state index in [1.165, 1.54) is 0 Å². The zero-order chi connectivity index (χ0) is 18.5. The van der Waals surface area contributed by atoms with Crippen molar-refractivity contribution in [3.8, 4) is 0 Å². The van der Waals surface area contributed by atoms with Crippen LogP contribution in [-0.4, -0.2) is 44.1 Å². The number of ether oxygens (including phenoxy) is 2. The third kappa shape index (κ3) is 4.76. The zero-order valence-corrected chi connectivity index (χ0v) is 13.2. The van der Waals surface area contributed by atoms with Crippen LogP contribution in [0.2, 0.25) is 0 Å². The van der Waals surface area contributed by atoms with Crippen molar-refractivity contribution in [1.82, 2.24) is 0 Å². The van der Waals surface area contributed by atoms with Gasteiger partial charge in [-0.3, -0.25) is 14.7 Å². The van der Waals surface area contributed by atoms with E-state index in [0.29, 0.717) is 12.1 Å². The Labute approximate surface area is 135 Å². The van der Waals surface area contributed by atoms with Gasteiger partial charge in [0.2, 0.25) is 0 Å². The molecular formula is C12H12N2O9S. The van der Waals surface area contributed by atoms with Crippen molar-refractivity contribution in [2.24, 2.45) is 0 Å². The minimum atomic E-state index is -4.86. The molecule has 0 bridgehead atoms. The minimum absolute atomic E-state index is 0.386. The van der Waals surface area contributed by atoms with Crippen LogP contribution in [0.4, 0.5) is 11.4 Å². The number of benzene rings is 1. The van der Waals surface area contributed by atoms with Crippen molar-refractivity contribution in [2.75, 3.05) is 19.5 Å². The molecule has 0 aromatic heterocycles. The summed E-state index contributed by atoms with van der Waals surface area (Å²) in [5.74, 6) is -1.99. The van der Waals surface area contributed by atoms with Gasteiger partial charge in [0.05, 0.1) is 30.9 Å². The third-order valence-corrected chi connectivity index (χ3v) is 3.49. The number of methoxy groups -OCH3 is 2. The molecule has 0 amide bonds. The van der Waals surface area contributed by atoms with Gasteiger partial charge < -0.3 is 14.8 Å². The lowest BCUT2D eigenvalue weighted by molar-refractivity contribution is -0.385. The van der Waals surface area contributed by atoms with Crippen LogP contribution in [0.5, 0.6) is 0 Å². The lowest BCUT2D eigenvalue weighted by Crippen LogP contribution is -2.17. The van der Waals surface area contributed by atoms with Crippen LogP contribution in [0.25, 0.3) is 0 Å². The number of carbonyl (C=O) groups excluding carboxylic acids is 2. The molecule has 0 aliphatic rings. The molecule has 0 heterocycles. The van der Waals surface area contributed by atoms with E-state index < -0.39 is 43.3 Å². The van der Waals surface area contributed by atoms with Gasteiger partial charge in [-0.15, -0.1) is 0 Å². The summed E-state index contributed by atoms with van der Waals surface area (Å²) in [4.78, 5) is 31.9. The molecule has 12 heteroatoms. The van der Waals surface area contributed by atoms with Crippen LogP contribution < -0.4 is 5.32 Å². The van der Waals surface area contributed by atoms with E-state index in [1.807, 2.05) is 0 Å². The molecule has 11 nitrogen and oxygen atoms in total. The van der Waals surface area contributed by atoms with Crippen LogP contribution in [0.3, 0.4) is 0 Å². The average molecular weight is 360 g/mol. The molecule has 0 fully saturated rings. The summed E-state index contributed by atoms with van der Waals surface area (Å²) in [6.07, 6.45) is 0.682. The Balaban J connectivity index is 3.44. The van der Waals surface area contributed by atoms with Gasteiger partial charge in [0.1, 0.15) is 10.6 Å². The van der Waals surface area contributed by atoms with Gasteiger partial charge in [-0.05, 0) is 6.07 Å². The SMILES string of the molecule is COC(=O)/C=C(/Nc1ccc([N+](=O)[O-])cc1S(=O)(=O)O)C(=O)OC. The Hall–Kier alpha value is -2.99. The molecule has 0 spiro atoms. The normalized spacial score (nSPS) is 11.5. The summed E-state index contributed by atoms with van der Waals surface area (Å²) in [5.41, 5.74) is -1.50. The summed E-state index contributed by atoms with van der Waals surface area (Å²) in [7, 11) is -2.81. The molecule has 0 aliphatic carbocycles. The maximum absolute atomic E-state index is 11.6. The Kier molecular flexibility index (Phi) is 5.97. The number of carbonyl (C=O) groups is 2. The average Bonchev–Trinajstić information content (AvgIpc) is 2.52. The fraction of sp³-hybridized carbons (Fsp3) is 0.167. The highest BCUT2D eigenvalue weighted by Gasteiger charge is 2.22. The predicted molar refractivity (Wildman–Crippen MR) is 78.6 cm³/mol. The molecule has 0 radical (unpaired) electrons. The first-order valence-electron chi connectivity index (χ1n) is 6.01. The largest absolute Gasteiger partial charge is 0.466 e. The quantitative estimate of drug-likeness (QED) is 0.240. The highest BCUT2D eigenvalue weighted by molar-refractivity contribution is 7.86. The minimum Gasteiger partial charge on any atom is -0.466 e. The zero-order valence-electron chi connectivity index (χ0n) is 12.4. The first-order chi connectivity index (χ1) is 11.1. The highest BCUT2D eigenvalue weighted by Crippen LogP contribution is 2.27. The van der Waals surface area contributed by atoms with E-state index in [2.05, 4.69) is 14.8 Å². The number of hydrogen-bond acceptors (Lipinski definition) is 9. The van der Waals surface area contributed by atoms with Gasteiger partial charge in [0, 0.05) is 12.1 Å². The molecule has 2 N–H and O–H groups in total. The first-order valence-corrected chi connectivity index (χ1v) is 7.45. The first kappa shape index (κ1) is 19.1. The smallest absolute Gasteiger partial charge is 0.354 e. The summed E-state index contributed by atoms with van der Waals surface area (Å²) >= 11 is 0. The van der Waals surface area contributed by atoms with E-state index in [4.69, 9.17) is 0 Å². The molecule has 0 saturated heterocycles. The summed E-state index contributed by atoms with van der Waals surface area (Å²) in [5, 5.41) is 13.0. The van der Waals surface area contributed by atoms with Crippen molar-refractivity contribution >= 4 is 33.4 Å². The van der Waals surface area contributed by atoms with Crippen molar-refractivity contribution < 1.29 is 37.0 Å². The Morgan fingerprint density at radius 3 is 2.38 bits per heavy atom. The summed E-state index contributed by atoms with van der Waals surface area (Å²) in [6, 6.07) is 2.46. The fourth-order valence-corrected chi connectivity index (χ4v) is 2.19. The lowest BCUT2D eigenvalue weighted by atomic mass is 10.2. The number of esters is 2.